The van der Waals surface area contributed by atoms with Gasteiger partial charge in [-0.3, -0.25) is 4.90 Å². The van der Waals surface area contributed by atoms with Crippen LogP contribution < -0.4 is 9.80 Å². The van der Waals surface area contributed by atoms with Gasteiger partial charge in [0.05, 0.1) is 0 Å². The fourth-order valence-corrected chi connectivity index (χ4v) is 3.65. The normalized spacial score (nSPS) is 27.2. The lowest BCUT2D eigenvalue weighted by atomic mass is 9.96. The second-order valence-electron chi connectivity index (χ2n) is 6.56. The Labute approximate surface area is 123 Å². The van der Waals surface area contributed by atoms with Crippen molar-refractivity contribution in [2.75, 3.05) is 43.5 Å². The van der Waals surface area contributed by atoms with Gasteiger partial charge in [-0.25, -0.2) is 0 Å². The minimum Gasteiger partial charge on any atom is -0.378 e. The van der Waals surface area contributed by atoms with Gasteiger partial charge in [-0.05, 0) is 50.6 Å². The van der Waals surface area contributed by atoms with Crippen molar-refractivity contribution >= 4 is 11.4 Å². The Morgan fingerprint density at radius 2 is 1.80 bits per heavy atom. The SMILES string of the molecule is CC1CN2CCCCC2CN1c1ccc(N(C)C)cc1. The molecule has 1 aromatic carbocycles. The Balaban J connectivity index is 1.75. The van der Waals surface area contributed by atoms with Crippen LogP contribution in [0.3, 0.4) is 0 Å². The van der Waals surface area contributed by atoms with E-state index in [2.05, 4.69) is 60.0 Å². The molecule has 2 heterocycles. The number of rotatable bonds is 2. The molecule has 20 heavy (non-hydrogen) atoms. The summed E-state index contributed by atoms with van der Waals surface area (Å²) >= 11 is 0. The summed E-state index contributed by atoms with van der Waals surface area (Å²) < 4.78 is 0. The predicted octanol–water partition coefficient (Wildman–Crippen LogP) is 2.82. The Morgan fingerprint density at radius 3 is 2.50 bits per heavy atom. The van der Waals surface area contributed by atoms with Crippen LogP contribution in [-0.4, -0.2) is 50.7 Å². The van der Waals surface area contributed by atoms with E-state index in [0.29, 0.717) is 6.04 Å². The molecule has 2 atom stereocenters. The van der Waals surface area contributed by atoms with Crippen molar-refractivity contribution in [3.63, 3.8) is 0 Å². The van der Waals surface area contributed by atoms with E-state index >= 15 is 0 Å². The summed E-state index contributed by atoms with van der Waals surface area (Å²) in [4.78, 5) is 7.47. The molecule has 2 unspecified atom stereocenters. The maximum atomic E-state index is 2.71. The van der Waals surface area contributed by atoms with Gasteiger partial charge in [0.2, 0.25) is 0 Å². The summed E-state index contributed by atoms with van der Waals surface area (Å²) in [5.41, 5.74) is 2.66. The summed E-state index contributed by atoms with van der Waals surface area (Å²) in [5, 5.41) is 0. The largest absolute Gasteiger partial charge is 0.378 e. The Morgan fingerprint density at radius 1 is 1.05 bits per heavy atom. The van der Waals surface area contributed by atoms with Gasteiger partial charge in [0.15, 0.2) is 0 Å². The molecule has 0 bridgehead atoms. The molecule has 3 nitrogen and oxygen atoms in total. The molecule has 0 aliphatic carbocycles. The van der Waals surface area contributed by atoms with Gasteiger partial charge in [0, 0.05) is 50.6 Å². The lowest BCUT2D eigenvalue weighted by molar-refractivity contribution is 0.115. The first-order chi connectivity index (χ1) is 9.65. The maximum Gasteiger partial charge on any atom is 0.0389 e. The van der Waals surface area contributed by atoms with Crippen molar-refractivity contribution in [2.45, 2.75) is 38.3 Å². The van der Waals surface area contributed by atoms with Crippen LogP contribution in [0.2, 0.25) is 0 Å². The first kappa shape index (κ1) is 13.7. The van der Waals surface area contributed by atoms with E-state index in [9.17, 15) is 0 Å². The minimum atomic E-state index is 0.620. The summed E-state index contributed by atoms with van der Waals surface area (Å²) in [6, 6.07) is 10.4. The highest BCUT2D eigenvalue weighted by molar-refractivity contribution is 5.56. The van der Waals surface area contributed by atoms with Crippen LogP contribution in [0, 0.1) is 0 Å². The van der Waals surface area contributed by atoms with Crippen molar-refractivity contribution < 1.29 is 0 Å². The maximum absolute atomic E-state index is 2.71. The number of piperazine rings is 1. The number of fused-ring (bicyclic) bond motifs is 1. The number of hydrogen-bond donors (Lipinski definition) is 0. The van der Waals surface area contributed by atoms with Crippen LogP contribution in [0.4, 0.5) is 11.4 Å². The van der Waals surface area contributed by atoms with Crippen LogP contribution in [0.1, 0.15) is 26.2 Å². The third-order valence-electron chi connectivity index (χ3n) is 4.89. The number of hydrogen-bond acceptors (Lipinski definition) is 3. The van der Waals surface area contributed by atoms with E-state index in [4.69, 9.17) is 0 Å². The molecule has 0 amide bonds. The highest BCUT2D eigenvalue weighted by Crippen LogP contribution is 2.29. The lowest BCUT2D eigenvalue weighted by Crippen LogP contribution is -2.58. The van der Waals surface area contributed by atoms with Crippen molar-refractivity contribution in [2.24, 2.45) is 0 Å². The van der Waals surface area contributed by atoms with E-state index in [1.807, 2.05) is 0 Å². The monoisotopic (exact) mass is 273 g/mol. The molecule has 0 spiro atoms. The van der Waals surface area contributed by atoms with Crippen LogP contribution in [0.15, 0.2) is 24.3 Å². The third kappa shape index (κ3) is 2.64. The molecule has 110 valence electrons. The zero-order chi connectivity index (χ0) is 14.1. The zero-order valence-corrected chi connectivity index (χ0v) is 13.0. The smallest absolute Gasteiger partial charge is 0.0389 e. The highest BCUT2D eigenvalue weighted by Gasteiger charge is 2.32. The van der Waals surface area contributed by atoms with Crippen LogP contribution in [-0.2, 0) is 0 Å². The zero-order valence-electron chi connectivity index (χ0n) is 13.0. The topological polar surface area (TPSA) is 9.72 Å². The average Bonchev–Trinajstić information content (AvgIpc) is 2.46. The fourth-order valence-electron chi connectivity index (χ4n) is 3.65. The number of nitrogens with zero attached hydrogens (tertiary/aromatic N) is 3. The Hall–Kier alpha value is -1.22. The number of benzene rings is 1. The molecule has 2 aliphatic heterocycles. The van der Waals surface area contributed by atoms with E-state index < -0.39 is 0 Å². The van der Waals surface area contributed by atoms with Crippen molar-refractivity contribution in [1.29, 1.82) is 0 Å². The molecule has 2 fully saturated rings. The molecule has 0 N–H and O–H groups in total. The average molecular weight is 273 g/mol. The Bertz CT molecular complexity index is 440. The quantitative estimate of drug-likeness (QED) is 0.820. The molecule has 3 rings (SSSR count). The summed E-state index contributed by atoms with van der Waals surface area (Å²) in [7, 11) is 4.19. The molecule has 1 aromatic rings. The number of piperidine rings is 1. The molecule has 2 saturated heterocycles. The molecule has 0 radical (unpaired) electrons. The van der Waals surface area contributed by atoms with E-state index in [-0.39, 0.29) is 0 Å². The first-order valence-corrected chi connectivity index (χ1v) is 7.93. The van der Waals surface area contributed by atoms with E-state index in [1.54, 1.807) is 0 Å². The molecule has 3 heteroatoms. The highest BCUT2D eigenvalue weighted by atomic mass is 15.3. The van der Waals surface area contributed by atoms with Gasteiger partial charge in [-0.15, -0.1) is 0 Å². The van der Waals surface area contributed by atoms with Gasteiger partial charge in [0.25, 0.3) is 0 Å². The van der Waals surface area contributed by atoms with Crippen LogP contribution in [0.5, 0.6) is 0 Å². The summed E-state index contributed by atoms with van der Waals surface area (Å²) in [5.74, 6) is 0. The minimum absolute atomic E-state index is 0.620. The molecular formula is C17H27N3. The Kier molecular flexibility index (Phi) is 3.88. The summed E-state index contributed by atoms with van der Waals surface area (Å²) in [6.45, 7) is 6.09. The second kappa shape index (κ2) is 5.65. The van der Waals surface area contributed by atoms with Gasteiger partial charge < -0.3 is 9.80 Å². The molecule has 0 saturated carbocycles. The molecule has 2 aliphatic rings. The van der Waals surface area contributed by atoms with Crippen molar-refractivity contribution in [1.82, 2.24) is 4.90 Å². The van der Waals surface area contributed by atoms with Crippen molar-refractivity contribution in [3.05, 3.63) is 24.3 Å². The van der Waals surface area contributed by atoms with Gasteiger partial charge in [-0.2, -0.15) is 0 Å². The van der Waals surface area contributed by atoms with E-state index in [0.717, 1.165) is 6.04 Å². The third-order valence-corrected chi connectivity index (χ3v) is 4.89. The van der Waals surface area contributed by atoms with E-state index in [1.165, 1.54) is 50.3 Å². The lowest BCUT2D eigenvalue weighted by Gasteiger charge is -2.48. The van der Waals surface area contributed by atoms with Gasteiger partial charge >= 0.3 is 0 Å². The molecular weight excluding hydrogens is 246 g/mol. The second-order valence-corrected chi connectivity index (χ2v) is 6.56. The van der Waals surface area contributed by atoms with Crippen molar-refractivity contribution in [3.8, 4) is 0 Å². The molecule has 0 aromatic heterocycles. The number of anilines is 2. The van der Waals surface area contributed by atoms with Gasteiger partial charge in [-0.1, -0.05) is 6.42 Å². The standard InChI is InChI=1S/C17H27N3/c1-14-12-19-11-5-4-6-17(19)13-20(14)16-9-7-15(8-10-16)18(2)3/h7-10,14,17H,4-6,11-13H2,1-3H3. The first-order valence-electron chi connectivity index (χ1n) is 7.93. The van der Waals surface area contributed by atoms with Crippen LogP contribution >= 0.6 is 0 Å². The van der Waals surface area contributed by atoms with Gasteiger partial charge in [0.1, 0.15) is 0 Å². The van der Waals surface area contributed by atoms with Crippen LogP contribution in [0.25, 0.3) is 0 Å². The predicted molar refractivity (Wildman–Crippen MR) is 86.8 cm³/mol. The summed E-state index contributed by atoms with van der Waals surface area (Å²) in [6.07, 6.45) is 4.17. The fraction of sp³-hybridized carbons (Fsp3) is 0.647.